The van der Waals surface area contributed by atoms with E-state index >= 15 is 0 Å². The molecule has 0 aliphatic rings. The van der Waals surface area contributed by atoms with Crippen molar-refractivity contribution in [2.24, 2.45) is 0 Å². The molecule has 0 amide bonds. The predicted molar refractivity (Wildman–Crippen MR) is 99.9 cm³/mol. The lowest BCUT2D eigenvalue weighted by Crippen LogP contribution is -2.18. The highest BCUT2D eigenvalue weighted by Crippen LogP contribution is 2.35. The van der Waals surface area contributed by atoms with E-state index in [0.717, 1.165) is 0 Å². The number of hydrogen-bond donors (Lipinski definition) is 1. The first-order chi connectivity index (χ1) is 13.5. The van der Waals surface area contributed by atoms with Crippen LogP contribution in [0.3, 0.4) is 0 Å². The second-order valence-electron chi connectivity index (χ2n) is 6.10. The molecule has 1 heterocycles. The van der Waals surface area contributed by atoms with Gasteiger partial charge in [-0.15, -0.1) is 10.2 Å². The quantitative estimate of drug-likeness (QED) is 0.623. The lowest BCUT2D eigenvalue weighted by atomic mass is 10.2. The highest BCUT2D eigenvalue weighted by atomic mass is 16.5. The molecule has 28 heavy (non-hydrogen) atoms. The van der Waals surface area contributed by atoms with Gasteiger partial charge in [-0.3, -0.25) is 0 Å². The zero-order chi connectivity index (χ0) is 20.1. The maximum Gasteiger partial charge on any atom is 0.335 e. The average molecular weight is 384 g/mol. The summed E-state index contributed by atoms with van der Waals surface area (Å²) >= 11 is 0. The van der Waals surface area contributed by atoms with Gasteiger partial charge in [0, 0.05) is 20.1 Å². The average Bonchev–Trinajstić information content (AvgIpc) is 3.08. The number of aryl methyl sites for hydroxylation is 1. The summed E-state index contributed by atoms with van der Waals surface area (Å²) in [5, 5.41) is 17.0. The molecule has 0 bridgehead atoms. The van der Waals surface area contributed by atoms with Crippen molar-refractivity contribution >= 4 is 5.97 Å². The molecule has 8 heteroatoms. The summed E-state index contributed by atoms with van der Waals surface area (Å²) in [7, 11) is 1.59. The molecular formula is C20H20N2O6. The Balaban J connectivity index is 1.92. The van der Waals surface area contributed by atoms with Gasteiger partial charge in [-0.1, -0.05) is 6.07 Å². The molecule has 146 valence electrons. The monoisotopic (exact) mass is 384 g/mol. The Labute approximate surface area is 161 Å². The number of rotatable bonds is 8. The summed E-state index contributed by atoms with van der Waals surface area (Å²) in [6, 6.07) is 11.4. The van der Waals surface area contributed by atoms with Gasteiger partial charge < -0.3 is 23.7 Å². The third-order valence-electron chi connectivity index (χ3n) is 3.76. The van der Waals surface area contributed by atoms with E-state index in [-0.39, 0.29) is 11.7 Å². The first-order valence-corrected chi connectivity index (χ1v) is 8.57. The number of aromatic nitrogens is 2. The standard InChI is InChI=1S/C20H20N2O6/c1-12(11-25-3)26-18-10-16(7-8-17(18)19-22-21-13(2)27-19)28-15-6-4-5-14(9-15)20(23)24/h4-10,12H,11H2,1-3H3,(H,23,24). The van der Waals surface area contributed by atoms with Crippen molar-refractivity contribution in [1.29, 1.82) is 0 Å². The van der Waals surface area contributed by atoms with E-state index in [1.54, 1.807) is 44.4 Å². The summed E-state index contributed by atoms with van der Waals surface area (Å²) in [6.07, 6.45) is -0.224. The number of ether oxygens (including phenoxy) is 3. The maximum atomic E-state index is 11.1. The van der Waals surface area contributed by atoms with Crippen molar-refractivity contribution in [2.75, 3.05) is 13.7 Å². The van der Waals surface area contributed by atoms with Crippen molar-refractivity contribution in [3.63, 3.8) is 0 Å². The molecule has 1 N–H and O–H groups in total. The van der Waals surface area contributed by atoms with E-state index in [4.69, 9.17) is 23.7 Å². The number of benzene rings is 2. The van der Waals surface area contributed by atoms with Crippen molar-refractivity contribution in [3.8, 4) is 28.7 Å². The second-order valence-corrected chi connectivity index (χ2v) is 6.10. The van der Waals surface area contributed by atoms with Crippen LogP contribution in [0.2, 0.25) is 0 Å². The van der Waals surface area contributed by atoms with Crippen LogP contribution >= 0.6 is 0 Å². The molecule has 0 spiro atoms. The zero-order valence-corrected chi connectivity index (χ0v) is 15.7. The van der Waals surface area contributed by atoms with E-state index in [2.05, 4.69) is 10.2 Å². The molecule has 0 aliphatic heterocycles. The van der Waals surface area contributed by atoms with E-state index < -0.39 is 5.97 Å². The van der Waals surface area contributed by atoms with Gasteiger partial charge in [-0.05, 0) is 37.3 Å². The van der Waals surface area contributed by atoms with Crippen LogP contribution in [0.15, 0.2) is 46.9 Å². The minimum absolute atomic E-state index is 0.139. The van der Waals surface area contributed by atoms with Gasteiger partial charge in [0.25, 0.3) is 5.89 Å². The lowest BCUT2D eigenvalue weighted by Gasteiger charge is -2.17. The summed E-state index contributed by atoms with van der Waals surface area (Å²) in [5.74, 6) is 1.11. The van der Waals surface area contributed by atoms with E-state index in [0.29, 0.717) is 41.2 Å². The van der Waals surface area contributed by atoms with Crippen LogP contribution in [-0.2, 0) is 4.74 Å². The number of carboxylic acid groups (broad SMARTS) is 1. The molecule has 0 saturated carbocycles. The normalized spacial score (nSPS) is 11.8. The lowest BCUT2D eigenvalue weighted by molar-refractivity contribution is 0.0696. The van der Waals surface area contributed by atoms with Crippen molar-refractivity contribution in [2.45, 2.75) is 20.0 Å². The largest absolute Gasteiger partial charge is 0.487 e. The van der Waals surface area contributed by atoms with Crippen LogP contribution in [0.1, 0.15) is 23.2 Å². The topological polar surface area (TPSA) is 104 Å². The summed E-state index contributed by atoms with van der Waals surface area (Å²) in [6.45, 7) is 3.97. The number of hydrogen-bond acceptors (Lipinski definition) is 7. The molecule has 1 atom stereocenters. The summed E-state index contributed by atoms with van der Waals surface area (Å²) in [4.78, 5) is 11.1. The number of nitrogens with zero attached hydrogens (tertiary/aromatic N) is 2. The molecule has 1 aromatic heterocycles. The zero-order valence-electron chi connectivity index (χ0n) is 15.7. The number of aromatic carboxylic acids is 1. The van der Waals surface area contributed by atoms with Crippen LogP contribution in [0.5, 0.6) is 17.2 Å². The first-order valence-electron chi connectivity index (χ1n) is 8.57. The molecule has 3 aromatic rings. The molecule has 8 nitrogen and oxygen atoms in total. The Morgan fingerprint density at radius 2 is 1.96 bits per heavy atom. The van der Waals surface area contributed by atoms with Gasteiger partial charge in [0.15, 0.2) is 0 Å². The van der Waals surface area contributed by atoms with Gasteiger partial charge in [0.2, 0.25) is 5.89 Å². The minimum atomic E-state index is -1.02. The third kappa shape index (κ3) is 4.66. The Morgan fingerprint density at radius 1 is 1.18 bits per heavy atom. The first kappa shape index (κ1) is 19.4. The third-order valence-corrected chi connectivity index (χ3v) is 3.76. The number of carboxylic acids is 1. The highest BCUT2D eigenvalue weighted by Gasteiger charge is 2.17. The fourth-order valence-corrected chi connectivity index (χ4v) is 2.56. The molecule has 0 radical (unpaired) electrons. The Morgan fingerprint density at radius 3 is 2.64 bits per heavy atom. The van der Waals surface area contributed by atoms with Gasteiger partial charge in [0.1, 0.15) is 23.4 Å². The van der Waals surface area contributed by atoms with Crippen LogP contribution in [0, 0.1) is 6.92 Å². The van der Waals surface area contributed by atoms with Crippen LogP contribution in [0.4, 0.5) is 0 Å². The van der Waals surface area contributed by atoms with Gasteiger partial charge >= 0.3 is 5.97 Å². The minimum Gasteiger partial charge on any atom is -0.487 e. The Bertz CT molecular complexity index is 969. The van der Waals surface area contributed by atoms with E-state index in [1.807, 2.05) is 6.92 Å². The van der Waals surface area contributed by atoms with E-state index in [1.165, 1.54) is 12.1 Å². The fourth-order valence-electron chi connectivity index (χ4n) is 2.56. The van der Waals surface area contributed by atoms with Gasteiger partial charge in [0.05, 0.1) is 17.7 Å². The van der Waals surface area contributed by atoms with Gasteiger partial charge in [-0.25, -0.2) is 4.79 Å². The number of carbonyl (C=O) groups is 1. The van der Waals surface area contributed by atoms with Crippen LogP contribution < -0.4 is 9.47 Å². The Kier molecular flexibility index (Phi) is 5.90. The van der Waals surface area contributed by atoms with Crippen molar-refractivity contribution in [3.05, 3.63) is 53.9 Å². The predicted octanol–water partition coefficient (Wildman–Crippen LogP) is 3.95. The molecule has 0 saturated heterocycles. The number of methoxy groups -OCH3 is 1. The smallest absolute Gasteiger partial charge is 0.335 e. The molecule has 3 rings (SSSR count). The van der Waals surface area contributed by atoms with Crippen LogP contribution in [0.25, 0.3) is 11.5 Å². The van der Waals surface area contributed by atoms with Gasteiger partial charge in [-0.2, -0.15) is 0 Å². The van der Waals surface area contributed by atoms with Crippen molar-refractivity contribution < 1.29 is 28.5 Å². The SMILES string of the molecule is COCC(C)Oc1cc(Oc2cccc(C(=O)O)c2)ccc1-c1nnc(C)o1. The summed E-state index contributed by atoms with van der Waals surface area (Å²) < 4.78 is 22.4. The molecular weight excluding hydrogens is 364 g/mol. The Hall–Kier alpha value is -3.39. The van der Waals surface area contributed by atoms with Crippen LogP contribution in [-0.4, -0.2) is 41.1 Å². The molecule has 0 aliphatic carbocycles. The second kappa shape index (κ2) is 8.53. The van der Waals surface area contributed by atoms with Crippen molar-refractivity contribution in [1.82, 2.24) is 10.2 Å². The molecule has 1 unspecified atom stereocenters. The molecule has 0 fully saturated rings. The highest BCUT2D eigenvalue weighted by molar-refractivity contribution is 5.88. The maximum absolute atomic E-state index is 11.1. The summed E-state index contributed by atoms with van der Waals surface area (Å²) in [5.41, 5.74) is 0.760. The molecule has 2 aromatic carbocycles. The van der Waals surface area contributed by atoms with E-state index in [9.17, 15) is 4.79 Å². The fraction of sp³-hybridized carbons (Fsp3) is 0.250.